The van der Waals surface area contributed by atoms with Crippen LogP contribution in [0.3, 0.4) is 0 Å². The second-order valence-corrected chi connectivity index (χ2v) is 4.11. The fourth-order valence-electron chi connectivity index (χ4n) is 1.31. The fraction of sp³-hybridized carbons (Fsp3) is 0.300. The highest BCUT2D eigenvalue weighted by molar-refractivity contribution is 8.14. The van der Waals surface area contributed by atoms with E-state index in [4.69, 9.17) is 5.11 Å². The van der Waals surface area contributed by atoms with Gasteiger partial charge in [0.25, 0.3) is 0 Å². The van der Waals surface area contributed by atoms with Gasteiger partial charge in [-0.05, 0) is 12.1 Å². The molecule has 0 saturated carbocycles. The number of benzene rings is 1. The number of phenolic OH excluding ortho intramolecular Hbond substituents is 1. The van der Waals surface area contributed by atoms with Gasteiger partial charge < -0.3 is 10.2 Å². The predicted octanol–water partition coefficient (Wildman–Crippen LogP) is 1.25. The van der Waals surface area contributed by atoms with E-state index in [0.717, 1.165) is 16.4 Å². The van der Waals surface area contributed by atoms with Crippen LogP contribution in [0.15, 0.2) is 29.3 Å². The Balaban J connectivity index is 2.28. The van der Waals surface area contributed by atoms with E-state index < -0.39 is 0 Å². The lowest BCUT2D eigenvalue weighted by Crippen LogP contribution is -2.08. The molecule has 0 aromatic heterocycles. The molecule has 0 radical (unpaired) electrons. The van der Waals surface area contributed by atoms with E-state index >= 15 is 0 Å². The van der Waals surface area contributed by atoms with E-state index in [1.807, 2.05) is 12.1 Å². The van der Waals surface area contributed by atoms with Gasteiger partial charge in [-0.1, -0.05) is 12.1 Å². The molecule has 2 rings (SSSR count). The number of aliphatic hydroxyl groups is 1. The van der Waals surface area contributed by atoms with Crippen molar-refractivity contribution in [1.29, 1.82) is 0 Å². The lowest BCUT2D eigenvalue weighted by Gasteiger charge is -2.01. The van der Waals surface area contributed by atoms with Gasteiger partial charge in [0.15, 0.2) is 0 Å². The van der Waals surface area contributed by atoms with Crippen LogP contribution in [-0.4, -0.2) is 33.7 Å². The van der Waals surface area contributed by atoms with Gasteiger partial charge in [0.05, 0.1) is 12.6 Å². The molecule has 4 heteroatoms. The molecule has 74 valence electrons. The zero-order valence-electron chi connectivity index (χ0n) is 7.55. The van der Waals surface area contributed by atoms with Crippen LogP contribution in [0.25, 0.3) is 0 Å². The third-order valence-corrected chi connectivity index (χ3v) is 3.21. The third-order valence-electron chi connectivity index (χ3n) is 2.06. The first-order valence-corrected chi connectivity index (χ1v) is 5.39. The van der Waals surface area contributed by atoms with Crippen LogP contribution >= 0.6 is 11.8 Å². The Morgan fingerprint density at radius 3 is 2.86 bits per heavy atom. The number of hydrogen-bond acceptors (Lipinski definition) is 4. The molecule has 1 aromatic carbocycles. The zero-order valence-corrected chi connectivity index (χ0v) is 8.37. The van der Waals surface area contributed by atoms with Crippen molar-refractivity contribution in [2.75, 3.05) is 12.4 Å². The normalized spacial score (nSPS) is 20.9. The van der Waals surface area contributed by atoms with Crippen LogP contribution in [0.2, 0.25) is 0 Å². The summed E-state index contributed by atoms with van der Waals surface area (Å²) >= 11 is 1.57. The summed E-state index contributed by atoms with van der Waals surface area (Å²) in [7, 11) is 0. The number of aromatic hydroxyl groups is 1. The standard InChI is InChI=1S/C10H11NO2S/c12-5-7-6-14-10(11-7)8-3-1-2-4-9(8)13/h1-4,7,12-13H,5-6H2/t7-/m1/s1. The largest absolute Gasteiger partial charge is 0.507 e. The van der Waals surface area contributed by atoms with Crippen molar-refractivity contribution in [1.82, 2.24) is 0 Å². The van der Waals surface area contributed by atoms with Crippen LogP contribution < -0.4 is 0 Å². The number of hydrogen-bond donors (Lipinski definition) is 2. The van der Waals surface area contributed by atoms with Crippen molar-refractivity contribution < 1.29 is 10.2 Å². The van der Waals surface area contributed by atoms with Gasteiger partial charge in [-0.2, -0.15) is 0 Å². The maximum atomic E-state index is 9.57. The highest BCUT2D eigenvalue weighted by Crippen LogP contribution is 2.28. The quantitative estimate of drug-likeness (QED) is 0.770. The van der Waals surface area contributed by atoms with E-state index in [1.54, 1.807) is 23.9 Å². The molecule has 1 aliphatic rings. The third kappa shape index (κ3) is 1.76. The van der Waals surface area contributed by atoms with Crippen LogP contribution in [0.5, 0.6) is 5.75 Å². The molecular weight excluding hydrogens is 198 g/mol. The topological polar surface area (TPSA) is 52.8 Å². The van der Waals surface area contributed by atoms with Crippen molar-refractivity contribution in [2.24, 2.45) is 4.99 Å². The van der Waals surface area contributed by atoms with Crippen molar-refractivity contribution in [2.45, 2.75) is 6.04 Å². The maximum Gasteiger partial charge on any atom is 0.125 e. The number of aliphatic hydroxyl groups excluding tert-OH is 1. The minimum absolute atomic E-state index is 0.0189. The van der Waals surface area contributed by atoms with Crippen LogP contribution in [0.4, 0.5) is 0 Å². The maximum absolute atomic E-state index is 9.57. The van der Waals surface area contributed by atoms with Gasteiger partial charge in [0, 0.05) is 11.3 Å². The smallest absolute Gasteiger partial charge is 0.125 e. The molecule has 14 heavy (non-hydrogen) atoms. The highest BCUT2D eigenvalue weighted by atomic mass is 32.2. The lowest BCUT2D eigenvalue weighted by molar-refractivity contribution is 0.277. The summed E-state index contributed by atoms with van der Waals surface area (Å²) in [6, 6.07) is 7.10. The summed E-state index contributed by atoms with van der Waals surface area (Å²) in [5.41, 5.74) is 0.758. The second kappa shape index (κ2) is 4.02. The molecular formula is C10H11NO2S. The SMILES string of the molecule is OC[C@@H]1CSC(c2ccccc2O)=N1. The number of aliphatic imine (C=N–C) groups is 1. The van der Waals surface area contributed by atoms with E-state index in [0.29, 0.717) is 0 Å². The van der Waals surface area contributed by atoms with Crippen molar-refractivity contribution in [3.8, 4) is 5.75 Å². The summed E-state index contributed by atoms with van der Waals surface area (Å²) in [6.45, 7) is 0.0735. The van der Waals surface area contributed by atoms with Gasteiger partial charge >= 0.3 is 0 Å². The Bertz CT molecular complexity index is 365. The van der Waals surface area contributed by atoms with E-state index in [2.05, 4.69) is 4.99 Å². The average Bonchev–Trinajstić information content (AvgIpc) is 2.67. The fourth-order valence-corrected chi connectivity index (χ4v) is 2.39. The number of nitrogens with zero attached hydrogens (tertiary/aromatic N) is 1. The van der Waals surface area contributed by atoms with E-state index in [-0.39, 0.29) is 18.4 Å². The molecule has 1 atom stereocenters. The van der Waals surface area contributed by atoms with Crippen LogP contribution in [0, 0.1) is 0 Å². The molecule has 2 N–H and O–H groups in total. The first-order valence-electron chi connectivity index (χ1n) is 4.41. The van der Waals surface area contributed by atoms with Crippen molar-refractivity contribution in [3.05, 3.63) is 29.8 Å². The molecule has 0 fully saturated rings. The Morgan fingerprint density at radius 2 is 2.21 bits per heavy atom. The van der Waals surface area contributed by atoms with Gasteiger partial charge in [0.2, 0.25) is 0 Å². The van der Waals surface area contributed by atoms with E-state index in [1.165, 1.54) is 0 Å². The number of thioether (sulfide) groups is 1. The molecule has 0 bridgehead atoms. The Kier molecular flexibility index (Phi) is 2.74. The van der Waals surface area contributed by atoms with Crippen LogP contribution in [-0.2, 0) is 0 Å². The second-order valence-electron chi connectivity index (χ2n) is 3.10. The summed E-state index contributed by atoms with van der Waals surface area (Å²) in [4.78, 5) is 4.31. The molecule has 0 aliphatic carbocycles. The highest BCUT2D eigenvalue weighted by Gasteiger charge is 2.19. The summed E-state index contributed by atoms with van der Waals surface area (Å²) in [5, 5.41) is 19.3. The number of phenols is 1. The molecule has 0 amide bonds. The summed E-state index contributed by atoms with van der Waals surface area (Å²) < 4.78 is 0. The Hall–Kier alpha value is -1.00. The zero-order chi connectivity index (χ0) is 9.97. The molecule has 0 saturated heterocycles. The van der Waals surface area contributed by atoms with Crippen molar-refractivity contribution >= 4 is 16.8 Å². The monoisotopic (exact) mass is 209 g/mol. The lowest BCUT2D eigenvalue weighted by atomic mass is 10.2. The first-order chi connectivity index (χ1) is 6.81. The van der Waals surface area contributed by atoms with Gasteiger partial charge in [0.1, 0.15) is 10.8 Å². The molecule has 1 aromatic rings. The molecule has 3 nitrogen and oxygen atoms in total. The molecule has 1 heterocycles. The molecule has 0 spiro atoms. The van der Waals surface area contributed by atoms with Gasteiger partial charge in [-0.15, -0.1) is 11.8 Å². The molecule has 0 unspecified atom stereocenters. The predicted molar refractivity (Wildman–Crippen MR) is 58.0 cm³/mol. The van der Waals surface area contributed by atoms with E-state index in [9.17, 15) is 5.11 Å². The summed E-state index contributed by atoms with van der Waals surface area (Å²) in [5.74, 6) is 1.04. The first kappa shape index (κ1) is 9.55. The van der Waals surface area contributed by atoms with Gasteiger partial charge in [-0.25, -0.2) is 0 Å². The Morgan fingerprint density at radius 1 is 1.43 bits per heavy atom. The number of rotatable bonds is 2. The minimum atomic E-state index is -0.0189. The minimum Gasteiger partial charge on any atom is -0.507 e. The van der Waals surface area contributed by atoms with Gasteiger partial charge in [-0.3, -0.25) is 4.99 Å². The Labute approximate surface area is 86.5 Å². The molecule has 1 aliphatic heterocycles. The average molecular weight is 209 g/mol. The van der Waals surface area contributed by atoms with Crippen molar-refractivity contribution in [3.63, 3.8) is 0 Å². The van der Waals surface area contributed by atoms with Crippen LogP contribution in [0.1, 0.15) is 5.56 Å². The summed E-state index contributed by atoms with van der Waals surface area (Å²) in [6.07, 6.45) is 0. The number of para-hydroxylation sites is 1.